The quantitative estimate of drug-likeness (QED) is 0.637. The number of nitrogens with one attached hydrogen (secondary N) is 1. The van der Waals surface area contributed by atoms with Crippen LogP contribution in [0.2, 0.25) is 0 Å². The average molecular weight is 249 g/mol. The molecule has 0 aromatic rings. The third-order valence-electron chi connectivity index (χ3n) is 3.02. The largest absolute Gasteiger partial charge is 0.314 e. The molecule has 0 aromatic heterocycles. The molecule has 0 saturated heterocycles. The fourth-order valence-corrected chi connectivity index (χ4v) is 2.51. The van der Waals surface area contributed by atoms with Crippen molar-refractivity contribution in [1.29, 1.82) is 0 Å². The number of rotatable bonds is 9. The second-order valence-corrected chi connectivity index (χ2v) is 7.17. The fourth-order valence-electron chi connectivity index (χ4n) is 1.64. The van der Waals surface area contributed by atoms with E-state index in [1.807, 2.05) is 0 Å². The molecule has 0 saturated carbocycles. The van der Waals surface area contributed by atoms with Crippen molar-refractivity contribution in [3.8, 4) is 0 Å². The zero-order valence-corrected chi connectivity index (χ0v) is 11.9. The smallest absolute Gasteiger partial charge is 0.150 e. The van der Waals surface area contributed by atoms with Crippen LogP contribution in [0.4, 0.5) is 0 Å². The predicted octanol–water partition coefficient (Wildman–Crippen LogP) is 2.23. The summed E-state index contributed by atoms with van der Waals surface area (Å²) in [6.45, 7) is 9.12. The Morgan fingerprint density at radius 3 is 2.31 bits per heavy atom. The molecule has 4 heteroatoms. The average Bonchev–Trinajstić information content (AvgIpc) is 2.24. The van der Waals surface area contributed by atoms with E-state index >= 15 is 0 Å². The minimum Gasteiger partial charge on any atom is -0.314 e. The Kier molecular flexibility index (Phi) is 8.02. The SMILES string of the molecule is CCC(C)CC(C)NCCCS(=O)(=O)CC. The van der Waals surface area contributed by atoms with Crippen molar-refractivity contribution in [3.05, 3.63) is 0 Å². The van der Waals surface area contributed by atoms with Crippen LogP contribution in [0.25, 0.3) is 0 Å². The zero-order chi connectivity index (χ0) is 12.6. The van der Waals surface area contributed by atoms with Gasteiger partial charge >= 0.3 is 0 Å². The highest BCUT2D eigenvalue weighted by molar-refractivity contribution is 7.91. The van der Waals surface area contributed by atoms with Gasteiger partial charge in [0.2, 0.25) is 0 Å². The summed E-state index contributed by atoms with van der Waals surface area (Å²) in [6.07, 6.45) is 3.09. The van der Waals surface area contributed by atoms with Gasteiger partial charge in [0.15, 0.2) is 0 Å². The van der Waals surface area contributed by atoms with Crippen molar-refractivity contribution in [3.63, 3.8) is 0 Å². The molecular formula is C12H27NO2S. The van der Waals surface area contributed by atoms with Crippen LogP contribution in [0, 0.1) is 5.92 Å². The van der Waals surface area contributed by atoms with Crippen molar-refractivity contribution in [2.24, 2.45) is 5.92 Å². The molecule has 2 unspecified atom stereocenters. The minimum absolute atomic E-state index is 0.259. The first-order valence-electron chi connectivity index (χ1n) is 6.35. The molecule has 0 aliphatic rings. The highest BCUT2D eigenvalue weighted by atomic mass is 32.2. The van der Waals surface area contributed by atoms with Gasteiger partial charge in [0, 0.05) is 11.8 Å². The number of hydrogen-bond acceptors (Lipinski definition) is 3. The van der Waals surface area contributed by atoms with Crippen molar-refractivity contribution in [2.75, 3.05) is 18.1 Å². The fraction of sp³-hybridized carbons (Fsp3) is 1.00. The van der Waals surface area contributed by atoms with E-state index in [1.165, 1.54) is 6.42 Å². The van der Waals surface area contributed by atoms with Gasteiger partial charge in [-0.1, -0.05) is 27.2 Å². The Labute approximate surface area is 101 Å². The van der Waals surface area contributed by atoms with Crippen molar-refractivity contribution in [1.82, 2.24) is 5.32 Å². The lowest BCUT2D eigenvalue weighted by Crippen LogP contribution is -2.29. The first-order valence-corrected chi connectivity index (χ1v) is 8.17. The molecule has 0 amide bonds. The molecule has 16 heavy (non-hydrogen) atoms. The molecule has 0 aromatic carbocycles. The van der Waals surface area contributed by atoms with Crippen molar-refractivity contribution < 1.29 is 8.42 Å². The van der Waals surface area contributed by atoms with Gasteiger partial charge in [-0.2, -0.15) is 0 Å². The van der Waals surface area contributed by atoms with E-state index in [2.05, 4.69) is 26.1 Å². The summed E-state index contributed by atoms with van der Waals surface area (Å²) >= 11 is 0. The zero-order valence-electron chi connectivity index (χ0n) is 11.1. The van der Waals surface area contributed by atoms with Gasteiger partial charge in [0.1, 0.15) is 9.84 Å². The molecule has 0 spiro atoms. The molecule has 0 heterocycles. The lowest BCUT2D eigenvalue weighted by atomic mass is 10.0. The van der Waals surface area contributed by atoms with Crippen LogP contribution in [0.1, 0.15) is 47.0 Å². The topological polar surface area (TPSA) is 46.2 Å². The molecule has 98 valence electrons. The van der Waals surface area contributed by atoms with Crippen LogP contribution in [0.3, 0.4) is 0 Å². The molecule has 0 rings (SSSR count). The normalized spacial score (nSPS) is 16.0. The summed E-state index contributed by atoms with van der Waals surface area (Å²) in [4.78, 5) is 0. The first kappa shape index (κ1) is 15.9. The lowest BCUT2D eigenvalue weighted by molar-refractivity contribution is 0.413. The summed E-state index contributed by atoms with van der Waals surface area (Å²) in [6, 6.07) is 0.485. The Morgan fingerprint density at radius 2 is 1.81 bits per heavy atom. The Bertz CT molecular complexity index is 262. The van der Waals surface area contributed by atoms with Crippen molar-refractivity contribution >= 4 is 9.84 Å². The maximum Gasteiger partial charge on any atom is 0.150 e. The predicted molar refractivity (Wildman–Crippen MR) is 70.5 cm³/mol. The van der Waals surface area contributed by atoms with Crippen molar-refractivity contribution in [2.45, 2.75) is 53.0 Å². The van der Waals surface area contributed by atoms with Crippen LogP contribution in [0.5, 0.6) is 0 Å². The monoisotopic (exact) mass is 249 g/mol. The number of hydrogen-bond donors (Lipinski definition) is 1. The molecule has 0 bridgehead atoms. The Hall–Kier alpha value is -0.0900. The lowest BCUT2D eigenvalue weighted by Gasteiger charge is -2.17. The number of sulfone groups is 1. The molecule has 1 N–H and O–H groups in total. The van der Waals surface area contributed by atoms with E-state index in [9.17, 15) is 8.42 Å². The molecule has 0 fully saturated rings. The van der Waals surface area contributed by atoms with E-state index in [4.69, 9.17) is 0 Å². The van der Waals surface area contributed by atoms with E-state index in [0.29, 0.717) is 11.8 Å². The summed E-state index contributed by atoms with van der Waals surface area (Å²) in [5.74, 6) is 1.31. The first-order chi connectivity index (χ1) is 7.41. The van der Waals surface area contributed by atoms with Crippen LogP contribution >= 0.6 is 0 Å². The molecule has 3 nitrogen and oxygen atoms in total. The second kappa shape index (κ2) is 8.07. The van der Waals surface area contributed by atoms with E-state index in [-0.39, 0.29) is 5.75 Å². The third kappa shape index (κ3) is 8.11. The highest BCUT2D eigenvalue weighted by Gasteiger charge is 2.08. The Balaban J connectivity index is 3.59. The van der Waals surface area contributed by atoms with Gasteiger partial charge in [-0.15, -0.1) is 0 Å². The third-order valence-corrected chi connectivity index (χ3v) is 4.81. The summed E-state index contributed by atoms with van der Waals surface area (Å²) in [7, 11) is -2.79. The van der Waals surface area contributed by atoms with Gasteiger partial charge < -0.3 is 5.32 Å². The molecule has 0 aliphatic heterocycles. The standard InChI is InChI=1S/C12H27NO2S/c1-5-11(3)10-12(4)13-8-7-9-16(14,15)6-2/h11-13H,5-10H2,1-4H3. The maximum absolute atomic E-state index is 11.2. The van der Waals surface area contributed by atoms with Crippen LogP contribution < -0.4 is 5.32 Å². The summed E-state index contributed by atoms with van der Waals surface area (Å²) < 4.78 is 22.5. The van der Waals surface area contributed by atoms with Gasteiger partial charge in [0.25, 0.3) is 0 Å². The van der Waals surface area contributed by atoms with Gasteiger partial charge in [-0.05, 0) is 32.2 Å². The van der Waals surface area contributed by atoms with Crippen LogP contribution in [-0.2, 0) is 9.84 Å². The van der Waals surface area contributed by atoms with Crippen LogP contribution in [-0.4, -0.2) is 32.5 Å². The molecule has 0 aliphatic carbocycles. The summed E-state index contributed by atoms with van der Waals surface area (Å²) in [5.41, 5.74) is 0. The molecule has 0 radical (unpaired) electrons. The molecular weight excluding hydrogens is 222 g/mol. The van der Waals surface area contributed by atoms with E-state index in [1.54, 1.807) is 6.92 Å². The van der Waals surface area contributed by atoms with Crippen LogP contribution in [0.15, 0.2) is 0 Å². The summed E-state index contributed by atoms with van der Waals surface area (Å²) in [5, 5.41) is 3.38. The Morgan fingerprint density at radius 1 is 1.19 bits per heavy atom. The minimum atomic E-state index is -2.79. The highest BCUT2D eigenvalue weighted by Crippen LogP contribution is 2.09. The van der Waals surface area contributed by atoms with E-state index < -0.39 is 9.84 Å². The second-order valence-electron chi connectivity index (χ2n) is 4.69. The van der Waals surface area contributed by atoms with Gasteiger partial charge in [0.05, 0.1) is 5.75 Å². The van der Waals surface area contributed by atoms with Gasteiger partial charge in [-0.25, -0.2) is 8.42 Å². The van der Waals surface area contributed by atoms with E-state index in [0.717, 1.165) is 25.3 Å². The molecule has 2 atom stereocenters. The maximum atomic E-state index is 11.2. The van der Waals surface area contributed by atoms with Gasteiger partial charge in [-0.3, -0.25) is 0 Å².